The molecule has 4 nitrogen and oxygen atoms in total. The molecule has 1 aliphatic rings. The summed E-state index contributed by atoms with van der Waals surface area (Å²) in [5.41, 5.74) is 0.397. The smallest absolute Gasteiger partial charge is 0.255 e. The molecule has 0 aliphatic carbocycles. The fraction of sp³-hybridized carbons (Fsp3) is 0.500. The van der Waals surface area contributed by atoms with Crippen LogP contribution in [0.4, 0.5) is 0 Å². The van der Waals surface area contributed by atoms with Crippen molar-refractivity contribution < 1.29 is 9.53 Å². The number of halogens is 2. The van der Waals surface area contributed by atoms with Gasteiger partial charge in [-0.15, -0.1) is 0 Å². The molecule has 18 heavy (non-hydrogen) atoms. The standard InChI is InChI=1S/C12H14Cl2N2O2/c1-2-8-7-16(3-4-18-8)12(17)9-5-11(14)15-6-10(9)13/h5-6,8H,2-4,7H2,1H3. The van der Waals surface area contributed by atoms with Crippen molar-refractivity contribution in [1.82, 2.24) is 9.88 Å². The summed E-state index contributed by atoms with van der Waals surface area (Å²) in [5.74, 6) is -0.119. The summed E-state index contributed by atoms with van der Waals surface area (Å²) in [7, 11) is 0. The number of hydrogen-bond acceptors (Lipinski definition) is 3. The van der Waals surface area contributed by atoms with Crippen LogP contribution in [0.2, 0.25) is 10.2 Å². The normalized spacial score (nSPS) is 19.9. The highest BCUT2D eigenvalue weighted by molar-refractivity contribution is 6.35. The van der Waals surface area contributed by atoms with Gasteiger partial charge < -0.3 is 9.64 Å². The molecule has 98 valence electrons. The molecular weight excluding hydrogens is 275 g/mol. The number of nitrogens with zero attached hydrogens (tertiary/aromatic N) is 2. The van der Waals surface area contributed by atoms with E-state index in [0.29, 0.717) is 30.3 Å². The topological polar surface area (TPSA) is 42.4 Å². The van der Waals surface area contributed by atoms with Crippen molar-refractivity contribution in [3.05, 3.63) is 28.0 Å². The minimum atomic E-state index is -0.119. The molecule has 1 atom stereocenters. The van der Waals surface area contributed by atoms with E-state index < -0.39 is 0 Å². The Kier molecular flexibility index (Phi) is 4.43. The summed E-state index contributed by atoms with van der Waals surface area (Å²) in [5, 5.41) is 0.590. The van der Waals surface area contributed by atoms with Crippen LogP contribution in [0, 0.1) is 0 Å². The van der Waals surface area contributed by atoms with Crippen LogP contribution in [0.3, 0.4) is 0 Å². The molecule has 1 aromatic heterocycles. The molecule has 0 radical (unpaired) electrons. The van der Waals surface area contributed by atoms with Crippen LogP contribution < -0.4 is 0 Å². The van der Waals surface area contributed by atoms with Crippen molar-refractivity contribution in [1.29, 1.82) is 0 Å². The van der Waals surface area contributed by atoms with E-state index in [-0.39, 0.29) is 17.2 Å². The summed E-state index contributed by atoms with van der Waals surface area (Å²) in [6, 6.07) is 1.50. The van der Waals surface area contributed by atoms with E-state index in [9.17, 15) is 4.79 Å². The largest absolute Gasteiger partial charge is 0.375 e. The summed E-state index contributed by atoms with van der Waals surface area (Å²) in [6.07, 6.45) is 2.38. The maximum Gasteiger partial charge on any atom is 0.255 e. The highest BCUT2D eigenvalue weighted by Gasteiger charge is 2.25. The van der Waals surface area contributed by atoms with Crippen molar-refractivity contribution in [2.45, 2.75) is 19.4 Å². The maximum atomic E-state index is 12.3. The second-order valence-corrected chi connectivity index (χ2v) is 4.93. The summed E-state index contributed by atoms with van der Waals surface area (Å²) >= 11 is 11.8. The van der Waals surface area contributed by atoms with Gasteiger partial charge in [0.25, 0.3) is 5.91 Å². The van der Waals surface area contributed by atoms with Gasteiger partial charge in [0.1, 0.15) is 5.15 Å². The highest BCUT2D eigenvalue weighted by Crippen LogP contribution is 2.21. The van der Waals surface area contributed by atoms with Gasteiger partial charge in [-0.05, 0) is 12.5 Å². The first-order valence-electron chi connectivity index (χ1n) is 5.83. The Morgan fingerprint density at radius 1 is 1.61 bits per heavy atom. The Labute approximate surface area is 116 Å². The molecule has 0 N–H and O–H groups in total. The van der Waals surface area contributed by atoms with Gasteiger partial charge in [-0.2, -0.15) is 0 Å². The van der Waals surface area contributed by atoms with E-state index in [1.807, 2.05) is 6.92 Å². The third-order valence-corrected chi connectivity index (χ3v) is 3.44. The van der Waals surface area contributed by atoms with Crippen LogP contribution in [0.15, 0.2) is 12.3 Å². The zero-order valence-corrected chi connectivity index (χ0v) is 11.5. The minimum Gasteiger partial charge on any atom is -0.375 e. The zero-order chi connectivity index (χ0) is 13.1. The fourth-order valence-corrected chi connectivity index (χ4v) is 2.24. The second kappa shape index (κ2) is 5.87. The van der Waals surface area contributed by atoms with Crippen molar-refractivity contribution in [2.75, 3.05) is 19.7 Å². The number of morpholine rings is 1. The van der Waals surface area contributed by atoms with Gasteiger partial charge in [0.2, 0.25) is 0 Å². The molecule has 6 heteroatoms. The molecule has 1 aliphatic heterocycles. The Hall–Kier alpha value is -0.840. The molecule has 2 rings (SSSR count). The van der Waals surface area contributed by atoms with E-state index in [4.69, 9.17) is 27.9 Å². The van der Waals surface area contributed by atoms with Crippen molar-refractivity contribution in [3.8, 4) is 0 Å². The molecule has 1 saturated heterocycles. The number of carbonyl (C=O) groups excluding carboxylic acids is 1. The molecule has 0 bridgehead atoms. The van der Waals surface area contributed by atoms with Crippen LogP contribution in [0.1, 0.15) is 23.7 Å². The molecule has 1 amide bonds. The van der Waals surface area contributed by atoms with E-state index in [1.54, 1.807) is 4.90 Å². The molecule has 2 heterocycles. The molecular formula is C12H14Cl2N2O2. The van der Waals surface area contributed by atoms with Gasteiger partial charge in [-0.3, -0.25) is 4.79 Å². The van der Waals surface area contributed by atoms with E-state index in [1.165, 1.54) is 12.3 Å². The fourth-order valence-electron chi connectivity index (χ4n) is 1.90. The first-order valence-corrected chi connectivity index (χ1v) is 6.59. The second-order valence-electron chi connectivity index (χ2n) is 4.14. The van der Waals surface area contributed by atoms with E-state index in [2.05, 4.69) is 4.98 Å². The van der Waals surface area contributed by atoms with Crippen LogP contribution >= 0.6 is 23.2 Å². The van der Waals surface area contributed by atoms with E-state index in [0.717, 1.165) is 6.42 Å². The third kappa shape index (κ3) is 2.94. The predicted octanol–water partition coefficient (Wildman–Crippen LogP) is 2.64. The number of amides is 1. The Bertz CT molecular complexity index is 454. The van der Waals surface area contributed by atoms with Gasteiger partial charge in [0, 0.05) is 19.3 Å². The number of aromatic nitrogens is 1. The highest BCUT2D eigenvalue weighted by atomic mass is 35.5. The van der Waals surface area contributed by atoms with Crippen molar-refractivity contribution in [3.63, 3.8) is 0 Å². The molecule has 1 aromatic rings. The lowest BCUT2D eigenvalue weighted by Crippen LogP contribution is -2.45. The average molecular weight is 289 g/mol. The summed E-state index contributed by atoms with van der Waals surface area (Å²) in [4.78, 5) is 17.9. The average Bonchev–Trinajstić information content (AvgIpc) is 2.41. The van der Waals surface area contributed by atoms with Crippen molar-refractivity contribution >= 4 is 29.1 Å². The third-order valence-electron chi connectivity index (χ3n) is 2.93. The quantitative estimate of drug-likeness (QED) is 0.786. The van der Waals surface area contributed by atoms with Crippen LogP contribution in [0.5, 0.6) is 0 Å². The van der Waals surface area contributed by atoms with Gasteiger partial charge >= 0.3 is 0 Å². The Morgan fingerprint density at radius 2 is 2.39 bits per heavy atom. The molecule has 0 spiro atoms. The lowest BCUT2D eigenvalue weighted by molar-refractivity contribution is -0.0226. The lowest BCUT2D eigenvalue weighted by Gasteiger charge is -2.32. The number of carbonyl (C=O) groups is 1. The number of pyridine rings is 1. The maximum absolute atomic E-state index is 12.3. The van der Waals surface area contributed by atoms with Gasteiger partial charge in [-0.25, -0.2) is 4.98 Å². The Morgan fingerprint density at radius 3 is 3.11 bits per heavy atom. The van der Waals surface area contributed by atoms with Crippen molar-refractivity contribution in [2.24, 2.45) is 0 Å². The number of rotatable bonds is 2. The van der Waals surface area contributed by atoms with Crippen LogP contribution in [-0.4, -0.2) is 41.6 Å². The van der Waals surface area contributed by atoms with Gasteiger partial charge in [0.05, 0.1) is 23.3 Å². The molecule has 1 fully saturated rings. The predicted molar refractivity (Wildman–Crippen MR) is 70.2 cm³/mol. The van der Waals surface area contributed by atoms with Crippen LogP contribution in [0.25, 0.3) is 0 Å². The van der Waals surface area contributed by atoms with Crippen LogP contribution in [-0.2, 0) is 4.74 Å². The minimum absolute atomic E-state index is 0.0961. The number of hydrogen-bond donors (Lipinski definition) is 0. The first-order chi connectivity index (χ1) is 8.61. The van der Waals surface area contributed by atoms with Gasteiger partial charge in [0.15, 0.2) is 0 Å². The van der Waals surface area contributed by atoms with E-state index >= 15 is 0 Å². The monoisotopic (exact) mass is 288 g/mol. The first kappa shape index (κ1) is 13.6. The summed E-state index contributed by atoms with van der Waals surface area (Å²) in [6.45, 7) is 3.76. The molecule has 1 unspecified atom stereocenters. The number of ether oxygens (including phenoxy) is 1. The lowest BCUT2D eigenvalue weighted by atomic mass is 10.2. The molecule has 0 aromatic carbocycles. The zero-order valence-electron chi connectivity index (χ0n) is 10.0. The SMILES string of the molecule is CCC1CN(C(=O)c2cc(Cl)ncc2Cl)CCO1. The Balaban J connectivity index is 2.17. The summed E-state index contributed by atoms with van der Waals surface area (Å²) < 4.78 is 5.53. The van der Waals surface area contributed by atoms with Gasteiger partial charge in [-0.1, -0.05) is 30.1 Å². The molecule has 0 saturated carbocycles.